The number of halogens is 2. The van der Waals surface area contributed by atoms with Crippen LogP contribution in [0.4, 0.5) is 10.5 Å². The third-order valence-electron chi connectivity index (χ3n) is 8.10. The van der Waals surface area contributed by atoms with Crippen molar-refractivity contribution in [3.8, 4) is 0 Å². The number of benzene rings is 2. The molecular formula is C30H40Cl2N6O3. The molecule has 0 radical (unpaired) electrons. The fourth-order valence-electron chi connectivity index (χ4n) is 5.88. The minimum absolute atomic E-state index is 0.138. The highest BCUT2D eigenvalue weighted by Crippen LogP contribution is 2.34. The van der Waals surface area contributed by atoms with Crippen molar-refractivity contribution < 1.29 is 14.4 Å². The van der Waals surface area contributed by atoms with E-state index in [1.165, 1.54) is 6.42 Å². The molecule has 4 amide bonds. The Morgan fingerprint density at radius 3 is 2.32 bits per heavy atom. The largest absolute Gasteiger partial charge is 0.344 e. The molecule has 0 spiro atoms. The summed E-state index contributed by atoms with van der Waals surface area (Å²) < 4.78 is 0. The topological polar surface area (TPSA) is 120 Å². The summed E-state index contributed by atoms with van der Waals surface area (Å²) in [7, 11) is 0. The Morgan fingerprint density at radius 1 is 0.951 bits per heavy atom. The lowest BCUT2D eigenvalue weighted by Crippen LogP contribution is -2.63. The second kappa shape index (κ2) is 14.9. The number of nitrogens with zero attached hydrogens (tertiary/aromatic N) is 2. The van der Waals surface area contributed by atoms with Crippen LogP contribution in [0.2, 0.25) is 10.0 Å². The Bertz CT molecular complexity index is 1180. The summed E-state index contributed by atoms with van der Waals surface area (Å²) in [5.41, 5.74) is 6.91. The van der Waals surface area contributed by atoms with Gasteiger partial charge in [-0.1, -0.05) is 66.7 Å². The van der Waals surface area contributed by atoms with E-state index in [9.17, 15) is 14.4 Å². The number of carbonyl (C=O) groups is 3. The maximum Gasteiger partial charge on any atom is 0.319 e. The van der Waals surface area contributed by atoms with Crippen molar-refractivity contribution in [1.29, 1.82) is 0 Å². The Kier molecular flexibility index (Phi) is 11.3. The van der Waals surface area contributed by atoms with Gasteiger partial charge in [0, 0.05) is 73.4 Å². The van der Waals surface area contributed by atoms with Gasteiger partial charge in [0.25, 0.3) is 0 Å². The Labute approximate surface area is 252 Å². The summed E-state index contributed by atoms with van der Waals surface area (Å²) in [5.74, 6) is -0.408. The number of hydrogen-bond acceptors (Lipinski definition) is 5. The molecule has 9 nitrogen and oxygen atoms in total. The SMILES string of the molecule is NCCC(=O)NC(Cc1ccc(Cl)cc1Cl)C(=O)N1CCN(C2(CNC(=O)Nc3ccccc3)CCCCC2)CC1. The highest BCUT2D eigenvalue weighted by atomic mass is 35.5. The van der Waals surface area contributed by atoms with Crippen molar-refractivity contribution in [3.05, 3.63) is 64.1 Å². The smallest absolute Gasteiger partial charge is 0.319 e. The molecule has 5 N–H and O–H groups in total. The lowest BCUT2D eigenvalue weighted by molar-refractivity contribution is -0.139. The van der Waals surface area contributed by atoms with Gasteiger partial charge in [-0.15, -0.1) is 0 Å². The first-order valence-electron chi connectivity index (χ1n) is 14.4. The van der Waals surface area contributed by atoms with Crippen LogP contribution in [0, 0.1) is 0 Å². The quantitative estimate of drug-likeness (QED) is 0.327. The summed E-state index contributed by atoms with van der Waals surface area (Å²) in [4.78, 5) is 43.1. The van der Waals surface area contributed by atoms with Crippen LogP contribution in [0.15, 0.2) is 48.5 Å². The van der Waals surface area contributed by atoms with Crippen LogP contribution in [0.5, 0.6) is 0 Å². The summed E-state index contributed by atoms with van der Waals surface area (Å²) >= 11 is 12.5. The van der Waals surface area contributed by atoms with E-state index >= 15 is 0 Å². The Hall–Kier alpha value is -2.85. The third-order valence-corrected chi connectivity index (χ3v) is 8.69. The number of hydrogen-bond donors (Lipinski definition) is 4. The molecule has 2 fully saturated rings. The van der Waals surface area contributed by atoms with E-state index in [1.54, 1.807) is 18.2 Å². The van der Waals surface area contributed by atoms with E-state index in [-0.39, 0.29) is 42.8 Å². The lowest BCUT2D eigenvalue weighted by Gasteiger charge is -2.50. The number of anilines is 1. The number of rotatable bonds is 10. The van der Waals surface area contributed by atoms with E-state index in [2.05, 4.69) is 20.9 Å². The van der Waals surface area contributed by atoms with E-state index < -0.39 is 6.04 Å². The predicted octanol–water partition coefficient (Wildman–Crippen LogP) is 4.04. The Balaban J connectivity index is 1.39. The average Bonchev–Trinajstić information content (AvgIpc) is 2.98. The zero-order chi connectivity index (χ0) is 29.2. The minimum atomic E-state index is -0.758. The van der Waals surface area contributed by atoms with Crippen molar-refractivity contribution in [1.82, 2.24) is 20.4 Å². The highest BCUT2D eigenvalue weighted by molar-refractivity contribution is 6.35. The maximum atomic E-state index is 13.7. The molecule has 1 aliphatic heterocycles. The standard InChI is InChI=1S/C30H40Cl2N6O3/c31-23-10-9-22(25(32)20-23)19-26(36-27(39)11-14-33)28(40)37-15-17-38(18-16-37)30(12-5-2-6-13-30)21-34-29(41)35-24-7-3-1-4-8-24/h1,3-4,7-10,20,26H,2,5-6,11-19,21,33H2,(H,36,39)(H2,34,35,41). The van der Waals surface area contributed by atoms with Crippen LogP contribution in [0.3, 0.4) is 0 Å². The van der Waals surface area contributed by atoms with Gasteiger partial charge in [-0.05, 0) is 42.7 Å². The van der Waals surface area contributed by atoms with E-state index in [1.807, 2.05) is 35.2 Å². The first-order chi connectivity index (χ1) is 19.8. The van der Waals surface area contributed by atoms with Crippen molar-refractivity contribution in [2.45, 2.75) is 56.5 Å². The summed E-state index contributed by atoms with van der Waals surface area (Å²) in [5, 5.41) is 9.85. The van der Waals surface area contributed by atoms with Gasteiger partial charge in [0.2, 0.25) is 11.8 Å². The molecule has 2 aromatic rings. The molecule has 11 heteroatoms. The van der Waals surface area contributed by atoms with Gasteiger partial charge in [0.1, 0.15) is 6.04 Å². The van der Waals surface area contributed by atoms with Gasteiger partial charge >= 0.3 is 6.03 Å². The van der Waals surface area contributed by atoms with E-state index in [4.69, 9.17) is 28.9 Å². The van der Waals surface area contributed by atoms with Crippen LogP contribution in [0.1, 0.15) is 44.1 Å². The number of piperazine rings is 1. The molecule has 0 bridgehead atoms. The van der Waals surface area contributed by atoms with E-state index in [0.29, 0.717) is 42.8 Å². The predicted molar refractivity (Wildman–Crippen MR) is 163 cm³/mol. The zero-order valence-corrected chi connectivity index (χ0v) is 24.9. The number of amides is 4. The summed E-state index contributed by atoms with van der Waals surface area (Å²) in [6.45, 7) is 3.21. The fraction of sp³-hybridized carbons (Fsp3) is 0.500. The van der Waals surface area contributed by atoms with Gasteiger partial charge in [-0.25, -0.2) is 4.79 Å². The van der Waals surface area contributed by atoms with Crippen molar-refractivity contribution in [3.63, 3.8) is 0 Å². The van der Waals surface area contributed by atoms with Gasteiger partial charge in [-0.2, -0.15) is 0 Å². The van der Waals surface area contributed by atoms with Gasteiger partial charge in [0.05, 0.1) is 0 Å². The molecule has 41 heavy (non-hydrogen) atoms. The molecule has 1 unspecified atom stereocenters. The normalized spacial score (nSPS) is 17.9. The third kappa shape index (κ3) is 8.58. The fourth-order valence-corrected chi connectivity index (χ4v) is 6.37. The summed E-state index contributed by atoms with van der Waals surface area (Å²) in [6.07, 6.45) is 5.80. The molecule has 0 aromatic heterocycles. The van der Waals surface area contributed by atoms with Gasteiger partial charge in [-0.3, -0.25) is 14.5 Å². The molecular weight excluding hydrogens is 563 g/mol. The molecule has 1 saturated carbocycles. The zero-order valence-electron chi connectivity index (χ0n) is 23.3. The average molecular weight is 604 g/mol. The molecule has 1 atom stereocenters. The van der Waals surface area contributed by atoms with Crippen molar-refractivity contribution in [2.24, 2.45) is 5.73 Å². The minimum Gasteiger partial charge on any atom is -0.344 e. The van der Waals surface area contributed by atoms with Gasteiger partial charge in [0.15, 0.2) is 0 Å². The first-order valence-corrected chi connectivity index (χ1v) is 15.1. The number of carbonyl (C=O) groups excluding carboxylic acids is 3. The number of urea groups is 1. The maximum absolute atomic E-state index is 13.7. The lowest BCUT2D eigenvalue weighted by atomic mass is 9.79. The summed E-state index contributed by atoms with van der Waals surface area (Å²) in [6, 6.07) is 13.6. The van der Waals surface area contributed by atoms with Crippen LogP contribution in [-0.4, -0.2) is 78.5 Å². The monoisotopic (exact) mass is 602 g/mol. The van der Waals surface area contributed by atoms with E-state index in [0.717, 1.165) is 36.9 Å². The van der Waals surface area contributed by atoms with Crippen molar-refractivity contribution in [2.75, 3.05) is 44.6 Å². The first kappa shape index (κ1) is 31.1. The molecule has 1 heterocycles. The highest BCUT2D eigenvalue weighted by Gasteiger charge is 2.40. The van der Waals surface area contributed by atoms with Crippen LogP contribution in [-0.2, 0) is 16.0 Å². The van der Waals surface area contributed by atoms with Crippen LogP contribution < -0.4 is 21.7 Å². The molecule has 222 valence electrons. The Morgan fingerprint density at radius 2 is 1.66 bits per heavy atom. The van der Waals surface area contributed by atoms with Crippen LogP contribution in [0.25, 0.3) is 0 Å². The van der Waals surface area contributed by atoms with Crippen LogP contribution >= 0.6 is 23.2 Å². The van der Waals surface area contributed by atoms with Crippen molar-refractivity contribution >= 4 is 46.7 Å². The molecule has 1 saturated heterocycles. The molecule has 1 aliphatic carbocycles. The number of nitrogens with one attached hydrogen (secondary N) is 3. The molecule has 2 aliphatic rings. The number of nitrogens with two attached hydrogens (primary N) is 1. The molecule has 2 aromatic carbocycles. The number of para-hydroxylation sites is 1. The van der Waals surface area contributed by atoms with Gasteiger partial charge < -0.3 is 26.6 Å². The second-order valence-electron chi connectivity index (χ2n) is 10.9. The second-order valence-corrected chi connectivity index (χ2v) is 11.7. The molecule has 4 rings (SSSR count).